The smallest absolute Gasteiger partial charge is 0.239 e. The molecule has 1 N–H and O–H groups in total. The molecule has 0 bridgehead atoms. The van der Waals surface area contributed by atoms with Crippen LogP contribution in [0.1, 0.15) is 51.8 Å². The summed E-state index contributed by atoms with van der Waals surface area (Å²) in [6.07, 6.45) is 5.35. The van der Waals surface area contributed by atoms with Crippen LogP contribution < -0.4 is 5.32 Å². The molecule has 1 aromatic heterocycles. The number of nitrogens with one attached hydrogen (secondary N) is 1. The Balaban J connectivity index is 1.82. The number of likely N-dealkylation sites (tertiary alicyclic amines) is 1. The molecule has 0 aromatic carbocycles. The molecule has 20 heavy (non-hydrogen) atoms. The normalized spacial score (nSPS) is 18.2. The molecule has 0 saturated carbocycles. The molecule has 112 valence electrons. The second-order valence-corrected chi connectivity index (χ2v) is 5.68. The van der Waals surface area contributed by atoms with Crippen molar-refractivity contribution in [2.75, 3.05) is 13.1 Å². The van der Waals surface area contributed by atoms with Crippen LogP contribution in [0.5, 0.6) is 0 Å². The number of carbonyl (C=O) groups is 1. The molecule has 5 heteroatoms. The molecular weight excluding hydrogens is 252 g/mol. The zero-order valence-corrected chi connectivity index (χ0v) is 12.8. The van der Waals surface area contributed by atoms with Gasteiger partial charge in [0.1, 0.15) is 0 Å². The Morgan fingerprint density at radius 3 is 2.75 bits per heavy atom. The van der Waals surface area contributed by atoms with Crippen molar-refractivity contribution in [3.63, 3.8) is 0 Å². The lowest BCUT2D eigenvalue weighted by Gasteiger charge is -2.20. The van der Waals surface area contributed by atoms with Crippen LogP contribution in [0.2, 0.25) is 0 Å². The third kappa shape index (κ3) is 3.60. The number of amides is 1. The Bertz CT molecular complexity index is 437. The predicted octanol–water partition coefficient (Wildman–Crippen LogP) is 1.95. The Labute approximate surface area is 121 Å². The largest absolute Gasteiger partial charge is 0.341 e. The molecule has 2 unspecified atom stereocenters. The van der Waals surface area contributed by atoms with Gasteiger partial charge in [0.05, 0.1) is 11.7 Å². The van der Waals surface area contributed by atoms with Crippen LogP contribution in [0.3, 0.4) is 0 Å². The summed E-state index contributed by atoms with van der Waals surface area (Å²) in [6.45, 7) is 8.71. The lowest BCUT2D eigenvalue weighted by atomic mass is 10.3. The number of carbonyl (C=O) groups excluding carboxylic acids is 1. The van der Waals surface area contributed by atoms with E-state index in [0.717, 1.165) is 38.0 Å². The summed E-state index contributed by atoms with van der Waals surface area (Å²) in [4.78, 5) is 14.1. The van der Waals surface area contributed by atoms with E-state index in [1.54, 1.807) is 0 Å². The van der Waals surface area contributed by atoms with Crippen LogP contribution in [0, 0.1) is 0 Å². The first kappa shape index (κ1) is 15.0. The van der Waals surface area contributed by atoms with Gasteiger partial charge in [0.25, 0.3) is 0 Å². The number of hydrogen-bond acceptors (Lipinski definition) is 3. The topological polar surface area (TPSA) is 50.2 Å². The maximum absolute atomic E-state index is 12.2. The summed E-state index contributed by atoms with van der Waals surface area (Å²) >= 11 is 0. The van der Waals surface area contributed by atoms with Crippen molar-refractivity contribution in [3.05, 3.63) is 18.0 Å². The van der Waals surface area contributed by atoms with E-state index < -0.39 is 0 Å². The van der Waals surface area contributed by atoms with Crippen molar-refractivity contribution < 1.29 is 4.79 Å². The first-order valence-corrected chi connectivity index (χ1v) is 7.68. The monoisotopic (exact) mass is 278 g/mol. The van der Waals surface area contributed by atoms with Crippen molar-refractivity contribution in [2.45, 2.75) is 58.7 Å². The zero-order chi connectivity index (χ0) is 14.5. The number of nitrogens with zero attached hydrogens (tertiary/aromatic N) is 3. The number of rotatable bonds is 6. The third-order valence-corrected chi connectivity index (χ3v) is 4.08. The van der Waals surface area contributed by atoms with Gasteiger partial charge in [-0.1, -0.05) is 6.92 Å². The zero-order valence-electron chi connectivity index (χ0n) is 12.8. The van der Waals surface area contributed by atoms with E-state index in [1.807, 2.05) is 28.8 Å². The molecule has 2 atom stereocenters. The van der Waals surface area contributed by atoms with Crippen molar-refractivity contribution in [2.24, 2.45) is 0 Å². The number of aromatic nitrogens is 2. The standard InChI is InChI=1S/C15H26N4O/c1-4-12(2)19-10-7-14(17-19)11-16-13(3)15(20)18-8-5-6-9-18/h7,10,12-13,16H,4-6,8-9,11H2,1-3H3. The van der Waals surface area contributed by atoms with Crippen molar-refractivity contribution in [1.82, 2.24) is 20.0 Å². The van der Waals surface area contributed by atoms with Crippen LogP contribution in [0.15, 0.2) is 12.3 Å². The highest BCUT2D eigenvalue weighted by molar-refractivity contribution is 5.81. The fourth-order valence-electron chi connectivity index (χ4n) is 2.46. The van der Waals surface area contributed by atoms with Gasteiger partial charge in [-0.05, 0) is 39.2 Å². The van der Waals surface area contributed by atoms with Crippen LogP contribution in [0.25, 0.3) is 0 Å². The lowest BCUT2D eigenvalue weighted by Crippen LogP contribution is -2.43. The average molecular weight is 278 g/mol. The van der Waals surface area contributed by atoms with Gasteiger partial charge >= 0.3 is 0 Å². The van der Waals surface area contributed by atoms with E-state index in [-0.39, 0.29) is 11.9 Å². The second-order valence-electron chi connectivity index (χ2n) is 5.68. The van der Waals surface area contributed by atoms with Gasteiger partial charge in [0.2, 0.25) is 5.91 Å². The van der Waals surface area contributed by atoms with E-state index >= 15 is 0 Å². The fourth-order valence-corrected chi connectivity index (χ4v) is 2.46. The summed E-state index contributed by atoms with van der Waals surface area (Å²) in [6, 6.07) is 2.31. The van der Waals surface area contributed by atoms with Crippen LogP contribution in [0.4, 0.5) is 0 Å². The molecule has 1 saturated heterocycles. The minimum atomic E-state index is -0.137. The lowest BCUT2D eigenvalue weighted by molar-refractivity contribution is -0.131. The molecule has 0 radical (unpaired) electrons. The van der Waals surface area contributed by atoms with Gasteiger partial charge in [-0.2, -0.15) is 5.10 Å². The highest BCUT2D eigenvalue weighted by Crippen LogP contribution is 2.11. The van der Waals surface area contributed by atoms with Crippen molar-refractivity contribution >= 4 is 5.91 Å². The molecule has 1 amide bonds. The van der Waals surface area contributed by atoms with Crippen LogP contribution >= 0.6 is 0 Å². The van der Waals surface area contributed by atoms with Crippen LogP contribution in [-0.2, 0) is 11.3 Å². The van der Waals surface area contributed by atoms with E-state index in [2.05, 4.69) is 24.3 Å². The van der Waals surface area contributed by atoms with Crippen molar-refractivity contribution in [1.29, 1.82) is 0 Å². The number of hydrogen-bond donors (Lipinski definition) is 1. The average Bonchev–Trinajstić information content (AvgIpc) is 3.13. The first-order valence-electron chi connectivity index (χ1n) is 7.68. The van der Waals surface area contributed by atoms with Crippen LogP contribution in [-0.4, -0.2) is 39.7 Å². The highest BCUT2D eigenvalue weighted by Gasteiger charge is 2.22. The molecule has 2 heterocycles. The molecule has 1 aliphatic heterocycles. The highest BCUT2D eigenvalue weighted by atomic mass is 16.2. The summed E-state index contributed by atoms with van der Waals surface area (Å²) in [7, 11) is 0. The predicted molar refractivity (Wildman–Crippen MR) is 79.3 cm³/mol. The van der Waals surface area contributed by atoms with Gasteiger partial charge in [-0.3, -0.25) is 9.48 Å². The van der Waals surface area contributed by atoms with Crippen molar-refractivity contribution in [3.8, 4) is 0 Å². The summed E-state index contributed by atoms with van der Waals surface area (Å²) in [5.74, 6) is 0.212. The molecule has 1 aromatic rings. The first-order chi connectivity index (χ1) is 9.61. The van der Waals surface area contributed by atoms with Gasteiger partial charge in [0, 0.05) is 31.9 Å². The van der Waals surface area contributed by atoms with Gasteiger partial charge in [-0.15, -0.1) is 0 Å². The quantitative estimate of drug-likeness (QED) is 0.865. The Hall–Kier alpha value is -1.36. The van der Waals surface area contributed by atoms with Gasteiger partial charge in [0.15, 0.2) is 0 Å². The Kier molecular flexibility index (Phi) is 5.17. The SMILES string of the molecule is CCC(C)n1ccc(CNC(C)C(=O)N2CCCC2)n1. The van der Waals surface area contributed by atoms with E-state index in [0.29, 0.717) is 12.6 Å². The second kappa shape index (κ2) is 6.88. The van der Waals surface area contributed by atoms with Gasteiger partial charge < -0.3 is 10.2 Å². The Morgan fingerprint density at radius 2 is 2.10 bits per heavy atom. The van der Waals surface area contributed by atoms with E-state index in [9.17, 15) is 4.79 Å². The maximum atomic E-state index is 12.2. The van der Waals surface area contributed by atoms with E-state index in [4.69, 9.17) is 0 Å². The molecule has 2 rings (SSSR count). The fraction of sp³-hybridized carbons (Fsp3) is 0.733. The third-order valence-electron chi connectivity index (χ3n) is 4.08. The molecule has 0 spiro atoms. The minimum Gasteiger partial charge on any atom is -0.341 e. The summed E-state index contributed by atoms with van der Waals surface area (Å²) in [5, 5.41) is 7.82. The molecule has 5 nitrogen and oxygen atoms in total. The molecule has 0 aliphatic carbocycles. The minimum absolute atomic E-state index is 0.137. The molecule has 1 aliphatic rings. The molecule has 1 fully saturated rings. The Morgan fingerprint density at radius 1 is 1.40 bits per heavy atom. The van der Waals surface area contributed by atoms with E-state index in [1.165, 1.54) is 0 Å². The summed E-state index contributed by atoms with van der Waals surface area (Å²) < 4.78 is 1.99. The summed E-state index contributed by atoms with van der Waals surface area (Å²) in [5.41, 5.74) is 0.992. The van der Waals surface area contributed by atoms with Gasteiger partial charge in [-0.25, -0.2) is 0 Å². The molecular formula is C15H26N4O. The maximum Gasteiger partial charge on any atom is 0.239 e.